The van der Waals surface area contributed by atoms with Gasteiger partial charge in [-0.1, -0.05) is 0 Å². The molecule has 0 saturated heterocycles. The monoisotopic (exact) mass is 407 g/mol. The Labute approximate surface area is 167 Å². The van der Waals surface area contributed by atoms with Gasteiger partial charge in [-0.05, 0) is 35.9 Å². The highest BCUT2D eigenvalue weighted by Crippen LogP contribution is 2.42. The molecule has 6 nitrogen and oxygen atoms in total. The normalized spacial score (nSPS) is 12.4. The molecule has 0 N–H and O–H groups in total. The number of hydrogen-bond donors (Lipinski definition) is 0. The van der Waals surface area contributed by atoms with E-state index in [0.717, 1.165) is 21.4 Å². The van der Waals surface area contributed by atoms with E-state index < -0.39 is 11.6 Å². The number of fused-ring (bicyclic) bond motifs is 3. The van der Waals surface area contributed by atoms with Crippen LogP contribution in [0.5, 0.6) is 5.75 Å². The molecule has 4 aromatic rings. The van der Waals surface area contributed by atoms with Gasteiger partial charge in [0.25, 0.3) is 0 Å². The molecule has 0 bridgehead atoms. The second-order valence-electron chi connectivity index (χ2n) is 6.34. The molecule has 9 heteroatoms. The van der Waals surface area contributed by atoms with Gasteiger partial charge in [0, 0.05) is 12.5 Å². The molecule has 3 aromatic heterocycles. The molecule has 142 valence electrons. The maximum absolute atomic E-state index is 14.3. The van der Waals surface area contributed by atoms with E-state index in [0.29, 0.717) is 36.0 Å². The van der Waals surface area contributed by atoms with E-state index in [1.165, 1.54) is 34.4 Å². The Hall–Kier alpha value is -3.64. The number of thiophene rings is 1. The zero-order valence-electron chi connectivity index (χ0n) is 14.8. The number of rotatable bonds is 2. The average Bonchev–Trinajstić information content (AvgIpc) is 3.32. The van der Waals surface area contributed by atoms with E-state index in [4.69, 9.17) is 4.74 Å². The van der Waals surface area contributed by atoms with Crippen molar-refractivity contribution in [1.82, 2.24) is 19.7 Å². The van der Waals surface area contributed by atoms with Crippen LogP contribution < -0.4 is 4.74 Å². The molecule has 5 rings (SSSR count). The first-order chi connectivity index (χ1) is 14.1. The van der Waals surface area contributed by atoms with E-state index in [1.54, 1.807) is 12.1 Å². The average molecular weight is 407 g/mol. The maximum atomic E-state index is 14.3. The maximum Gasteiger partial charge on any atom is 0.178 e. The van der Waals surface area contributed by atoms with Crippen molar-refractivity contribution in [2.75, 3.05) is 6.61 Å². The molecular weight excluding hydrogens is 396 g/mol. The van der Waals surface area contributed by atoms with Gasteiger partial charge in [-0.2, -0.15) is 5.26 Å². The molecule has 1 aromatic carbocycles. The Kier molecular flexibility index (Phi) is 4.07. The Balaban J connectivity index is 1.65. The summed E-state index contributed by atoms with van der Waals surface area (Å²) in [6.07, 6.45) is 2.04. The minimum Gasteiger partial charge on any atom is -0.491 e. The highest BCUT2D eigenvalue weighted by molar-refractivity contribution is 7.19. The first-order valence-corrected chi connectivity index (χ1v) is 9.48. The molecule has 29 heavy (non-hydrogen) atoms. The van der Waals surface area contributed by atoms with Gasteiger partial charge in [0.1, 0.15) is 41.2 Å². The van der Waals surface area contributed by atoms with Gasteiger partial charge in [0.05, 0.1) is 22.0 Å². The van der Waals surface area contributed by atoms with E-state index >= 15 is 0 Å². The molecular formula is C20H11F2N5OS. The molecule has 0 radical (unpaired) electrons. The van der Waals surface area contributed by atoms with Crippen LogP contribution in [0.4, 0.5) is 8.78 Å². The van der Waals surface area contributed by atoms with Crippen LogP contribution in [-0.2, 0) is 6.42 Å². The van der Waals surface area contributed by atoms with Crippen LogP contribution in [0, 0.1) is 23.0 Å². The summed E-state index contributed by atoms with van der Waals surface area (Å²) < 4.78 is 34.8. The summed E-state index contributed by atoms with van der Waals surface area (Å²) in [5, 5.41) is 17.2. The fourth-order valence-corrected chi connectivity index (χ4v) is 4.43. The number of pyridine rings is 1. The van der Waals surface area contributed by atoms with Crippen LogP contribution in [0.15, 0.2) is 42.7 Å². The van der Waals surface area contributed by atoms with E-state index in [1.807, 2.05) is 12.1 Å². The van der Waals surface area contributed by atoms with Crippen molar-refractivity contribution in [3.63, 3.8) is 0 Å². The minimum absolute atomic E-state index is 0.156. The van der Waals surface area contributed by atoms with Crippen molar-refractivity contribution in [1.29, 1.82) is 5.26 Å². The van der Waals surface area contributed by atoms with E-state index in [2.05, 4.69) is 15.2 Å². The summed E-state index contributed by atoms with van der Waals surface area (Å²) in [7, 11) is 0. The fraction of sp³-hybridized carbons (Fsp3) is 0.100. The van der Waals surface area contributed by atoms with Crippen molar-refractivity contribution < 1.29 is 13.5 Å². The Bertz CT molecular complexity index is 1290. The number of aromatic nitrogens is 4. The van der Waals surface area contributed by atoms with Crippen molar-refractivity contribution in [3.05, 3.63) is 65.6 Å². The second kappa shape index (κ2) is 6.76. The standard InChI is InChI=1S/C20H11F2N5OS/c21-12-1-3-15(14(22)8-12)27-10-24-26-20(27)17-7-11-5-6-28-16-4-2-13(9-23)25-18(16)19(11)29-17/h1-4,7-8,10H,5-6H2. The van der Waals surface area contributed by atoms with Crippen LogP contribution in [0.3, 0.4) is 0 Å². The number of halogens is 2. The van der Waals surface area contributed by atoms with Gasteiger partial charge in [-0.15, -0.1) is 21.5 Å². The zero-order chi connectivity index (χ0) is 20.0. The number of benzene rings is 1. The topological polar surface area (TPSA) is 76.6 Å². The van der Waals surface area contributed by atoms with Gasteiger partial charge in [-0.25, -0.2) is 13.8 Å². The highest BCUT2D eigenvalue weighted by Gasteiger charge is 2.23. The number of hydrogen-bond acceptors (Lipinski definition) is 6. The lowest BCUT2D eigenvalue weighted by Gasteiger charge is -2.07. The molecule has 0 aliphatic carbocycles. The van der Waals surface area contributed by atoms with Gasteiger partial charge in [0.2, 0.25) is 0 Å². The van der Waals surface area contributed by atoms with Crippen molar-refractivity contribution in [3.8, 4) is 38.8 Å². The Morgan fingerprint density at radius 3 is 2.90 bits per heavy atom. The molecule has 0 spiro atoms. The van der Waals surface area contributed by atoms with Crippen LogP contribution >= 0.6 is 11.3 Å². The molecule has 1 aliphatic heterocycles. The minimum atomic E-state index is -0.705. The van der Waals surface area contributed by atoms with Crippen LogP contribution in [0.25, 0.3) is 27.0 Å². The molecule has 0 unspecified atom stereocenters. The highest BCUT2D eigenvalue weighted by atomic mass is 32.1. The number of nitriles is 1. The van der Waals surface area contributed by atoms with Gasteiger partial charge < -0.3 is 4.74 Å². The van der Waals surface area contributed by atoms with Gasteiger partial charge >= 0.3 is 0 Å². The third kappa shape index (κ3) is 2.94. The molecule has 1 aliphatic rings. The first kappa shape index (κ1) is 17.5. The van der Waals surface area contributed by atoms with Gasteiger partial charge in [0.15, 0.2) is 5.82 Å². The van der Waals surface area contributed by atoms with Crippen molar-refractivity contribution in [2.24, 2.45) is 0 Å². The second-order valence-corrected chi connectivity index (χ2v) is 7.39. The zero-order valence-corrected chi connectivity index (χ0v) is 15.6. The lowest BCUT2D eigenvalue weighted by atomic mass is 10.1. The molecule has 0 atom stereocenters. The Morgan fingerprint density at radius 1 is 1.17 bits per heavy atom. The summed E-state index contributed by atoms with van der Waals surface area (Å²) >= 11 is 1.41. The largest absolute Gasteiger partial charge is 0.491 e. The summed E-state index contributed by atoms with van der Waals surface area (Å²) in [6, 6.07) is 10.7. The molecule has 0 saturated carbocycles. The predicted molar refractivity (Wildman–Crippen MR) is 102 cm³/mol. The van der Waals surface area contributed by atoms with Gasteiger partial charge in [-0.3, -0.25) is 4.57 Å². The molecule has 4 heterocycles. The lowest BCUT2D eigenvalue weighted by Crippen LogP contribution is -2.00. The fourth-order valence-electron chi connectivity index (χ4n) is 3.24. The van der Waals surface area contributed by atoms with Crippen molar-refractivity contribution >= 4 is 11.3 Å². The van der Waals surface area contributed by atoms with E-state index in [-0.39, 0.29) is 5.69 Å². The molecule has 0 amide bonds. The van der Waals surface area contributed by atoms with Crippen LogP contribution in [-0.4, -0.2) is 26.4 Å². The lowest BCUT2D eigenvalue weighted by molar-refractivity contribution is 0.325. The van der Waals surface area contributed by atoms with Crippen molar-refractivity contribution in [2.45, 2.75) is 6.42 Å². The Morgan fingerprint density at radius 2 is 2.07 bits per heavy atom. The summed E-state index contributed by atoms with van der Waals surface area (Å²) in [5.41, 5.74) is 2.06. The first-order valence-electron chi connectivity index (χ1n) is 8.67. The predicted octanol–water partition coefficient (Wildman–Crippen LogP) is 4.14. The SMILES string of the molecule is N#Cc1ccc2c(n1)-c1sc(-c3nncn3-c3ccc(F)cc3F)cc1CCO2. The number of ether oxygens (including phenoxy) is 1. The summed E-state index contributed by atoms with van der Waals surface area (Å²) in [5.74, 6) is -0.308. The summed E-state index contributed by atoms with van der Waals surface area (Å²) in [6.45, 7) is 0.475. The quantitative estimate of drug-likeness (QED) is 0.499. The third-order valence-corrected chi connectivity index (χ3v) is 5.74. The number of nitrogens with zero attached hydrogens (tertiary/aromatic N) is 5. The summed E-state index contributed by atoms with van der Waals surface area (Å²) in [4.78, 5) is 6.04. The smallest absolute Gasteiger partial charge is 0.178 e. The molecule has 0 fully saturated rings. The third-order valence-electron chi connectivity index (χ3n) is 4.56. The van der Waals surface area contributed by atoms with Crippen LogP contribution in [0.2, 0.25) is 0 Å². The van der Waals surface area contributed by atoms with Crippen LogP contribution in [0.1, 0.15) is 11.3 Å². The van der Waals surface area contributed by atoms with E-state index in [9.17, 15) is 14.0 Å².